The van der Waals surface area contributed by atoms with Gasteiger partial charge in [0.15, 0.2) is 5.13 Å². The molecule has 0 atom stereocenters. The molecule has 0 fully saturated rings. The second-order valence-electron chi connectivity index (χ2n) is 10.3. The number of aryl methyl sites for hydroxylation is 2. The zero-order valence-electron chi connectivity index (χ0n) is 25.4. The molecular formula is C35H29N5O5S2. The molecule has 1 aromatic heterocycles. The van der Waals surface area contributed by atoms with E-state index in [1.165, 1.54) is 47.4 Å². The molecule has 0 spiro atoms. The first-order valence-corrected chi connectivity index (χ1v) is 16.2. The van der Waals surface area contributed by atoms with Crippen LogP contribution in [0.2, 0.25) is 0 Å². The number of thioether (sulfide) groups is 1. The summed E-state index contributed by atoms with van der Waals surface area (Å²) in [5, 5.41) is 20.3. The van der Waals surface area contributed by atoms with Crippen molar-refractivity contribution in [2.45, 2.75) is 18.7 Å². The second-order valence-corrected chi connectivity index (χ2v) is 12.6. The molecule has 5 aromatic rings. The van der Waals surface area contributed by atoms with Crippen molar-refractivity contribution in [2.24, 2.45) is 0 Å². The molecule has 0 aliphatic carbocycles. The van der Waals surface area contributed by atoms with Crippen molar-refractivity contribution in [3.63, 3.8) is 0 Å². The van der Waals surface area contributed by atoms with Crippen LogP contribution in [0.15, 0.2) is 114 Å². The molecule has 4 aromatic carbocycles. The molecule has 5 rings (SSSR count). The van der Waals surface area contributed by atoms with E-state index in [1.807, 2.05) is 38.1 Å². The highest BCUT2D eigenvalue weighted by Crippen LogP contribution is 2.31. The van der Waals surface area contributed by atoms with Gasteiger partial charge >= 0.3 is 0 Å². The molecule has 12 heteroatoms. The molecule has 0 saturated carbocycles. The van der Waals surface area contributed by atoms with E-state index in [4.69, 9.17) is 0 Å². The number of nitro benzene ring substituents is 1. The number of rotatable bonds is 11. The van der Waals surface area contributed by atoms with Crippen LogP contribution in [0, 0.1) is 24.0 Å². The Hall–Kier alpha value is -5.59. The molecule has 0 radical (unpaired) electrons. The Balaban J connectivity index is 1.26. The van der Waals surface area contributed by atoms with Crippen molar-refractivity contribution in [3.05, 3.63) is 141 Å². The minimum Gasteiger partial charge on any atom is -0.321 e. The minimum atomic E-state index is -0.684. The van der Waals surface area contributed by atoms with E-state index in [9.17, 15) is 24.5 Å². The van der Waals surface area contributed by atoms with Crippen LogP contribution in [0.1, 0.15) is 26.4 Å². The fourth-order valence-corrected chi connectivity index (χ4v) is 6.08. The number of aromatic nitrogens is 1. The van der Waals surface area contributed by atoms with E-state index in [-0.39, 0.29) is 28.6 Å². The summed E-state index contributed by atoms with van der Waals surface area (Å²) in [6.07, 6.45) is 1.27. The molecule has 0 aliphatic heterocycles. The van der Waals surface area contributed by atoms with E-state index in [0.29, 0.717) is 21.3 Å². The number of benzene rings is 4. The van der Waals surface area contributed by atoms with Gasteiger partial charge in [-0.1, -0.05) is 66.2 Å². The number of carbonyl (C=O) groups is 3. The highest BCUT2D eigenvalue weighted by Gasteiger charge is 2.19. The highest BCUT2D eigenvalue weighted by molar-refractivity contribution is 8.00. The Labute approximate surface area is 279 Å². The first-order valence-electron chi connectivity index (χ1n) is 14.4. The normalized spacial score (nSPS) is 11.1. The number of hydrogen-bond donors (Lipinski definition) is 3. The third-order valence-corrected chi connectivity index (χ3v) is 8.67. The standard InChI is InChI=1S/C35H29N5O5S2/c1-22-15-17-24(18-16-22)32-23(2)47-35(39-32)38-31(41)21-46-28-13-8-12-27(20-28)36-34(43)29(37-33(42)25-9-4-3-5-10-25)19-26-11-6-7-14-30(26)40(44)45/h3-20H,21H2,1-2H3,(H,36,43)(H,37,42)(H,38,39,41)/b29-19+. The number of para-hydroxylation sites is 1. The topological polar surface area (TPSA) is 143 Å². The van der Waals surface area contributed by atoms with E-state index in [1.54, 1.807) is 60.7 Å². The van der Waals surface area contributed by atoms with E-state index in [2.05, 4.69) is 20.9 Å². The lowest BCUT2D eigenvalue weighted by Gasteiger charge is -2.12. The van der Waals surface area contributed by atoms with E-state index < -0.39 is 16.7 Å². The van der Waals surface area contributed by atoms with Crippen molar-refractivity contribution in [1.82, 2.24) is 10.3 Å². The van der Waals surface area contributed by atoms with Crippen molar-refractivity contribution in [1.29, 1.82) is 0 Å². The maximum atomic E-state index is 13.5. The molecule has 10 nitrogen and oxygen atoms in total. The Morgan fingerprint density at radius 3 is 2.36 bits per heavy atom. The molecule has 0 aliphatic rings. The number of anilines is 2. The van der Waals surface area contributed by atoms with Crippen LogP contribution in [-0.4, -0.2) is 33.4 Å². The van der Waals surface area contributed by atoms with E-state index >= 15 is 0 Å². The van der Waals surface area contributed by atoms with Crippen LogP contribution in [0.25, 0.3) is 17.3 Å². The first kappa shape index (κ1) is 32.8. The predicted molar refractivity (Wildman–Crippen MR) is 186 cm³/mol. The fourth-order valence-electron chi connectivity index (χ4n) is 4.47. The zero-order chi connectivity index (χ0) is 33.3. The average Bonchev–Trinajstić information content (AvgIpc) is 3.43. The molecule has 0 saturated heterocycles. The van der Waals surface area contributed by atoms with Gasteiger partial charge in [-0.05, 0) is 56.3 Å². The number of nitro groups is 1. The van der Waals surface area contributed by atoms with Gasteiger partial charge in [0.25, 0.3) is 17.5 Å². The van der Waals surface area contributed by atoms with Crippen LogP contribution < -0.4 is 16.0 Å². The molecule has 47 heavy (non-hydrogen) atoms. The first-order chi connectivity index (χ1) is 22.7. The largest absolute Gasteiger partial charge is 0.321 e. The van der Waals surface area contributed by atoms with Crippen molar-refractivity contribution >= 4 is 63.4 Å². The number of nitrogens with one attached hydrogen (secondary N) is 3. The summed E-state index contributed by atoms with van der Waals surface area (Å²) in [6, 6.07) is 29.2. The van der Waals surface area contributed by atoms with Gasteiger partial charge in [0, 0.05) is 32.7 Å². The summed E-state index contributed by atoms with van der Waals surface area (Å²) in [6.45, 7) is 3.99. The van der Waals surface area contributed by atoms with Gasteiger partial charge < -0.3 is 16.0 Å². The zero-order valence-corrected chi connectivity index (χ0v) is 27.0. The number of amides is 3. The van der Waals surface area contributed by atoms with Crippen LogP contribution in [-0.2, 0) is 9.59 Å². The molecule has 1 heterocycles. The molecule has 236 valence electrons. The second kappa shape index (κ2) is 15.1. The Kier molecular flexibility index (Phi) is 10.6. The van der Waals surface area contributed by atoms with Gasteiger partial charge in [-0.15, -0.1) is 23.1 Å². The lowest BCUT2D eigenvalue weighted by atomic mass is 10.1. The van der Waals surface area contributed by atoms with E-state index in [0.717, 1.165) is 21.7 Å². The number of carbonyl (C=O) groups excluding carboxylic acids is 3. The molecule has 3 N–H and O–H groups in total. The van der Waals surface area contributed by atoms with Gasteiger partial charge in [0.2, 0.25) is 5.91 Å². The summed E-state index contributed by atoms with van der Waals surface area (Å²) in [5.74, 6) is -1.36. The molecule has 0 unspecified atom stereocenters. The summed E-state index contributed by atoms with van der Waals surface area (Å²) >= 11 is 2.68. The highest BCUT2D eigenvalue weighted by atomic mass is 32.2. The smallest absolute Gasteiger partial charge is 0.276 e. The summed E-state index contributed by atoms with van der Waals surface area (Å²) in [4.78, 5) is 56.5. The lowest BCUT2D eigenvalue weighted by molar-refractivity contribution is -0.385. The number of nitrogens with zero attached hydrogens (tertiary/aromatic N) is 2. The van der Waals surface area contributed by atoms with Crippen LogP contribution in [0.5, 0.6) is 0 Å². The van der Waals surface area contributed by atoms with Gasteiger partial charge in [-0.25, -0.2) is 4.98 Å². The van der Waals surface area contributed by atoms with Gasteiger partial charge in [-0.2, -0.15) is 0 Å². The van der Waals surface area contributed by atoms with Crippen molar-refractivity contribution in [3.8, 4) is 11.3 Å². The van der Waals surface area contributed by atoms with Crippen molar-refractivity contribution in [2.75, 3.05) is 16.4 Å². The number of hydrogen-bond acceptors (Lipinski definition) is 8. The SMILES string of the molecule is Cc1ccc(-c2nc(NC(=O)CSc3cccc(NC(=O)/C(=C\c4ccccc4[N+](=O)[O-])NC(=O)c4ccccc4)c3)sc2C)cc1. The lowest BCUT2D eigenvalue weighted by Crippen LogP contribution is -2.30. The van der Waals surface area contributed by atoms with Gasteiger partial charge in [0.1, 0.15) is 5.70 Å². The van der Waals surface area contributed by atoms with Crippen LogP contribution >= 0.6 is 23.1 Å². The maximum Gasteiger partial charge on any atom is 0.276 e. The van der Waals surface area contributed by atoms with Crippen LogP contribution in [0.3, 0.4) is 0 Å². The summed E-state index contributed by atoms with van der Waals surface area (Å²) in [5.41, 5.74) is 3.42. The monoisotopic (exact) mass is 663 g/mol. The Bertz CT molecular complexity index is 1970. The molecule has 0 bridgehead atoms. The quantitative estimate of drug-likeness (QED) is 0.0576. The summed E-state index contributed by atoms with van der Waals surface area (Å²) < 4.78 is 0. The van der Waals surface area contributed by atoms with Crippen molar-refractivity contribution < 1.29 is 19.3 Å². The third-order valence-electron chi connectivity index (χ3n) is 6.79. The predicted octanol–water partition coefficient (Wildman–Crippen LogP) is 7.48. The Morgan fingerprint density at radius 1 is 0.894 bits per heavy atom. The maximum absolute atomic E-state index is 13.5. The third kappa shape index (κ3) is 8.78. The Morgan fingerprint density at radius 2 is 1.62 bits per heavy atom. The summed E-state index contributed by atoms with van der Waals surface area (Å²) in [7, 11) is 0. The molecular weight excluding hydrogens is 635 g/mol. The van der Waals surface area contributed by atoms with Gasteiger partial charge in [0.05, 0.1) is 21.9 Å². The fraction of sp³-hybridized carbons (Fsp3) is 0.0857. The minimum absolute atomic E-state index is 0.103. The molecule has 3 amide bonds. The number of thiazole rings is 1. The van der Waals surface area contributed by atoms with Crippen LogP contribution in [0.4, 0.5) is 16.5 Å². The average molecular weight is 664 g/mol. The van der Waals surface area contributed by atoms with Gasteiger partial charge in [-0.3, -0.25) is 24.5 Å².